The molecule has 2 rings (SSSR count). The van der Waals surface area contributed by atoms with Crippen LogP contribution in [0.15, 0.2) is 9.95 Å². The molecule has 0 aliphatic carbocycles. The Labute approximate surface area is 134 Å². The number of ether oxygens (including phenoxy) is 1. The molecule has 6 N–H and O–H groups in total. The van der Waals surface area contributed by atoms with Crippen molar-refractivity contribution in [3.05, 3.63) is 15.9 Å². The van der Waals surface area contributed by atoms with Crippen molar-refractivity contribution in [3.8, 4) is 0 Å². The van der Waals surface area contributed by atoms with Gasteiger partial charge in [0.25, 0.3) is 5.56 Å². The first-order valence-corrected chi connectivity index (χ1v) is 7.86. The molecule has 1 fully saturated rings. The molecule has 10 nitrogen and oxygen atoms in total. The second kappa shape index (κ2) is 7.38. The van der Waals surface area contributed by atoms with Crippen molar-refractivity contribution in [2.45, 2.75) is 35.8 Å². The molecule has 1 aromatic rings. The SMILES string of the molecule is CSc1nc(N[C@@H]2O[C@@H](CO)[C@@H](O)[C@@H](O)[C@@H]2O)c(C=O)c(=O)[nH]1. The molecular formula is C12H17N3O7S. The number of rotatable bonds is 5. The summed E-state index contributed by atoms with van der Waals surface area (Å²) in [5, 5.41) is 41.3. The number of aromatic amines is 1. The summed E-state index contributed by atoms with van der Waals surface area (Å²) in [6.07, 6.45) is -5.10. The summed E-state index contributed by atoms with van der Waals surface area (Å²) >= 11 is 1.13. The van der Waals surface area contributed by atoms with E-state index in [1.165, 1.54) is 0 Å². The second-order valence-electron chi connectivity index (χ2n) is 4.85. The lowest BCUT2D eigenvalue weighted by molar-refractivity contribution is -0.221. The van der Waals surface area contributed by atoms with Crippen LogP contribution in [-0.2, 0) is 4.74 Å². The number of H-pyrrole nitrogens is 1. The summed E-state index contributed by atoms with van der Waals surface area (Å²) in [6, 6.07) is 0. The molecule has 128 valence electrons. The van der Waals surface area contributed by atoms with Crippen molar-refractivity contribution in [3.63, 3.8) is 0 Å². The van der Waals surface area contributed by atoms with Crippen LogP contribution in [0.5, 0.6) is 0 Å². The summed E-state index contributed by atoms with van der Waals surface area (Å²) in [7, 11) is 0. The molecule has 0 radical (unpaired) electrons. The van der Waals surface area contributed by atoms with E-state index in [9.17, 15) is 24.9 Å². The van der Waals surface area contributed by atoms with E-state index in [4.69, 9.17) is 9.84 Å². The molecule has 0 spiro atoms. The van der Waals surface area contributed by atoms with Gasteiger partial charge in [0.15, 0.2) is 17.7 Å². The Morgan fingerprint density at radius 3 is 2.61 bits per heavy atom. The number of aromatic nitrogens is 2. The largest absolute Gasteiger partial charge is 0.394 e. The maximum absolute atomic E-state index is 11.8. The molecule has 23 heavy (non-hydrogen) atoms. The van der Waals surface area contributed by atoms with E-state index >= 15 is 0 Å². The van der Waals surface area contributed by atoms with Gasteiger partial charge in [0.1, 0.15) is 35.8 Å². The Morgan fingerprint density at radius 1 is 1.35 bits per heavy atom. The monoisotopic (exact) mass is 347 g/mol. The number of anilines is 1. The average Bonchev–Trinajstić information content (AvgIpc) is 2.54. The van der Waals surface area contributed by atoms with E-state index in [1.54, 1.807) is 6.26 Å². The Kier molecular flexibility index (Phi) is 5.73. The number of carbonyl (C=O) groups is 1. The number of nitrogens with one attached hydrogen (secondary N) is 2. The van der Waals surface area contributed by atoms with E-state index in [2.05, 4.69) is 15.3 Å². The minimum absolute atomic E-state index is 0.141. The zero-order valence-electron chi connectivity index (χ0n) is 12.0. The average molecular weight is 347 g/mol. The van der Waals surface area contributed by atoms with Gasteiger partial charge < -0.3 is 35.5 Å². The van der Waals surface area contributed by atoms with E-state index in [0.29, 0.717) is 6.29 Å². The van der Waals surface area contributed by atoms with Gasteiger partial charge in [-0.25, -0.2) is 4.98 Å². The number of hydrogen-bond acceptors (Lipinski definition) is 10. The van der Waals surface area contributed by atoms with Gasteiger partial charge in [-0.15, -0.1) is 0 Å². The van der Waals surface area contributed by atoms with Gasteiger partial charge in [0.2, 0.25) is 0 Å². The number of nitrogens with zero attached hydrogens (tertiary/aromatic N) is 1. The van der Waals surface area contributed by atoms with Crippen molar-refractivity contribution < 1.29 is 30.0 Å². The second-order valence-corrected chi connectivity index (χ2v) is 5.64. The minimum atomic E-state index is -1.58. The summed E-state index contributed by atoms with van der Waals surface area (Å²) in [4.78, 5) is 29.3. The van der Waals surface area contributed by atoms with Crippen molar-refractivity contribution >= 4 is 23.9 Å². The third-order valence-corrected chi connectivity index (χ3v) is 4.00. The van der Waals surface area contributed by atoms with Gasteiger partial charge >= 0.3 is 0 Å². The van der Waals surface area contributed by atoms with Crippen molar-refractivity contribution in [2.24, 2.45) is 0 Å². The van der Waals surface area contributed by atoms with Crippen LogP contribution in [0.25, 0.3) is 0 Å². The van der Waals surface area contributed by atoms with Gasteiger partial charge in [0.05, 0.1) is 6.61 Å². The molecule has 0 saturated carbocycles. The molecule has 0 bridgehead atoms. The fourth-order valence-electron chi connectivity index (χ4n) is 2.13. The lowest BCUT2D eigenvalue weighted by Crippen LogP contribution is -2.60. The van der Waals surface area contributed by atoms with E-state index in [1.807, 2.05) is 0 Å². The number of aldehydes is 1. The first kappa shape index (κ1) is 17.8. The Morgan fingerprint density at radius 2 is 2.04 bits per heavy atom. The smallest absolute Gasteiger partial charge is 0.264 e. The zero-order valence-corrected chi connectivity index (χ0v) is 12.9. The third kappa shape index (κ3) is 3.54. The fraction of sp³-hybridized carbons (Fsp3) is 0.583. The summed E-state index contributed by atoms with van der Waals surface area (Å²) in [5.74, 6) is -0.141. The van der Waals surface area contributed by atoms with Crippen molar-refractivity contribution in [1.82, 2.24) is 9.97 Å². The predicted molar refractivity (Wildman–Crippen MR) is 79.4 cm³/mol. The molecule has 5 atom stereocenters. The van der Waals surface area contributed by atoms with Gasteiger partial charge in [-0.05, 0) is 6.26 Å². The normalized spacial score (nSPS) is 30.9. The van der Waals surface area contributed by atoms with E-state index in [-0.39, 0.29) is 16.5 Å². The lowest BCUT2D eigenvalue weighted by Gasteiger charge is -2.40. The van der Waals surface area contributed by atoms with E-state index in [0.717, 1.165) is 11.8 Å². The molecule has 1 aromatic heterocycles. The fourth-order valence-corrected chi connectivity index (χ4v) is 2.51. The van der Waals surface area contributed by atoms with Crippen LogP contribution in [0.1, 0.15) is 10.4 Å². The molecule has 1 saturated heterocycles. The lowest BCUT2D eigenvalue weighted by atomic mass is 9.98. The topological polar surface area (TPSA) is 165 Å². The maximum Gasteiger partial charge on any atom is 0.264 e. The van der Waals surface area contributed by atoms with Crippen LogP contribution < -0.4 is 10.9 Å². The van der Waals surface area contributed by atoms with Crippen molar-refractivity contribution in [2.75, 3.05) is 18.2 Å². The van der Waals surface area contributed by atoms with Crippen LogP contribution in [0.3, 0.4) is 0 Å². The quantitative estimate of drug-likeness (QED) is 0.191. The number of thioether (sulfide) groups is 1. The first-order chi connectivity index (χ1) is 10.9. The predicted octanol–water partition coefficient (Wildman–Crippen LogP) is -2.48. The Balaban J connectivity index is 2.32. The molecule has 0 aromatic carbocycles. The highest BCUT2D eigenvalue weighted by atomic mass is 32.2. The number of carbonyl (C=O) groups excluding carboxylic acids is 1. The van der Waals surface area contributed by atoms with Gasteiger partial charge in [-0.1, -0.05) is 11.8 Å². The molecule has 0 amide bonds. The van der Waals surface area contributed by atoms with E-state index < -0.39 is 42.8 Å². The van der Waals surface area contributed by atoms with Crippen molar-refractivity contribution in [1.29, 1.82) is 0 Å². The Hall–Kier alpha value is -1.50. The van der Waals surface area contributed by atoms with Crippen LogP contribution in [0.2, 0.25) is 0 Å². The number of hydrogen-bond donors (Lipinski definition) is 6. The molecule has 11 heteroatoms. The van der Waals surface area contributed by atoms with Gasteiger partial charge in [-0.3, -0.25) is 9.59 Å². The molecule has 1 aliphatic heterocycles. The highest BCUT2D eigenvalue weighted by Crippen LogP contribution is 2.23. The molecule has 1 aliphatic rings. The van der Waals surface area contributed by atoms with Crippen LogP contribution in [-0.4, -0.2) is 80.2 Å². The third-order valence-electron chi connectivity index (χ3n) is 3.42. The van der Waals surface area contributed by atoms with Gasteiger partial charge in [0, 0.05) is 0 Å². The molecular weight excluding hydrogens is 330 g/mol. The number of aliphatic hydroxyl groups is 4. The minimum Gasteiger partial charge on any atom is -0.394 e. The standard InChI is InChI=1S/C12H17N3O7S/c1-23-12-14-9(4(2-16)10(21)15-12)13-11-8(20)7(19)6(18)5(3-17)22-11/h2,5-8,11,17-20H,3H2,1H3,(H2,13,14,15,21)/t5-,6+,7+,8-,11+/m0/s1. The summed E-state index contributed by atoms with van der Waals surface area (Å²) in [5.41, 5.74) is -0.980. The Bertz CT molecular complexity index is 623. The summed E-state index contributed by atoms with van der Waals surface area (Å²) in [6.45, 7) is -0.595. The molecule has 0 unspecified atom stereocenters. The highest BCUT2D eigenvalue weighted by Gasteiger charge is 2.43. The van der Waals surface area contributed by atoms with Crippen LogP contribution >= 0.6 is 11.8 Å². The molecule has 2 heterocycles. The number of aliphatic hydroxyl groups excluding tert-OH is 4. The van der Waals surface area contributed by atoms with Crippen LogP contribution in [0.4, 0.5) is 5.82 Å². The first-order valence-electron chi connectivity index (χ1n) is 6.63. The highest BCUT2D eigenvalue weighted by molar-refractivity contribution is 7.98. The van der Waals surface area contributed by atoms with Crippen LogP contribution in [0, 0.1) is 0 Å². The zero-order chi connectivity index (χ0) is 17.1. The maximum atomic E-state index is 11.8. The van der Waals surface area contributed by atoms with Gasteiger partial charge in [-0.2, -0.15) is 0 Å². The summed E-state index contributed by atoms with van der Waals surface area (Å²) < 4.78 is 5.25.